The summed E-state index contributed by atoms with van der Waals surface area (Å²) in [6.45, 7) is -2.12. The van der Waals surface area contributed by atoms with Crippen LogP contribution < -0.4 is 10.2 Å². The number of likely N-dealkylation sites (tertiary alicyclic amines) is 1. The quantitative estimate of drug-likeness (QED) is 0.491. The van der Waals surface area contributed by atoms with Crippen molar-refractivity contribution >= 4 is 46.0 Å². The Kier molecular flexibility index (Phi) is 6.01. The number of amides is 3. The van der Waals surface area contributed by atoms with E-state index in [4.69, 9.17) is 11.6 Å². The summed E-state index contributed by atoms with van der Waals surface area (Å²) < 4.78 is 52.0. The Balaban J connectivity index is 1.39. The summed E-state index contributed by atoms with van der Waals surface area (Å²) in [6, 6.07) is 2.29. The largest absolute Gasteiger partial charge is 0.405 e. The fraction of sp³-hybridized carbons (Fsp3) is 0.364. The van der Waals surface area contributed by atoms with E-state index >= 15 is 0 Å². The zero-order valence-corrected chi connectivity index (χ0v) is 19.7. The Bertz CT molecular complexity index is 1420. The van der Waals surface area contributed by atoms with Crippen LogP contribution in [-0.4, -0.2) is 75.1 Å². The summed E-state index contributed by atoms with van der Waals surface area (Å²) in [4.78, 5) is 49.5. The lowest BCUT2D eigenvalue weighted by Crippen LogP contribution is -2.51. The number of piperidine rings is 1. The summed E-state index contributed by atoms with van der Waals surface area (Å²) in [5, 5.41) is 7.95. The molecule has 0 atom stereocenters. The highest BCUT2D eigenvalue weighted by molar-refractivity contribution is 6.33. The summed E-state index contributed by atoms with van der Waals surface area (Å²) in [6.07, 6.45) is -1.66. The molecule has 3 aromatic rings. The Morgan fingerprint density at radius 2 is 1.92 bits per heavy atom. The molecule has 2 aliphatic rings. The number of rotatable bonds is 4. The predicted molar refractivity (Wildman–Crippen MR) is 121 cm³/mol. The molecular formula is C22H18ClF4N7O3. The van der Waals surface area contributed by atoms with Gasteiger partial charge in [0.25, 0.3) is 5.91 Å². The number of benzene rings is 1. The second kappa shape index (κ2) is 8.94. The van der Waals surface area contributed by atoms with Crippen LogP contribution >= 0.6 is 11.6 Å². The minimum atomic E-state index is -4.62. The molecule has 4 heterocycles. The third kappa shape index (κ3) is 4.34. The lowest BCUT2D eigenvalue weighted by Gasteiger charge is -2.38. The Morgan fingerprint density at radius 1 is 1.19 bits per heavy atom. The van der Waals surface area contributed by atoms with Crippen molar-refractivity contribution in [2.45, 2.75) is 24.4 Å². The normalized spacial score (nSPS) is 16.9. The minimum Gasteiger partial charge on any atom is -0.345 e. The lowest BCUT2D eigenvalue weighted by molar-refractivity contribution is -0.138. The Hall–Kier alpha value is -3.81. The van der Waals surface area contributed by atoms with Gasteiger partial charge in [0, 0.05) is 18.7 Å². The number of aromatic nitrogens is 4. The summed E-state index contributed by atoms with van der Waals surface area (Å²) in [5.74, 6) is -2.95. The van der Waals surface area contributed by atoms with Crippen LogP contribution in [0.1, 0.15) is 29.0 Å². The molecule has 1 spiro atoms. The van der Waals surface area contributed by atoms with E-state index in [2.05, 4.69) is 20.2 Å². The molecule has 0 saturated carbocycles. The van der Waals surface area contributed by atoms with Gasteiger partial charge in [0.15, 0.2) is 0 Å². The molecule has 2 aromatic heterocycles. The van der Waals surface area contributed by atoms with Gasteiger partial charge in [0.05, 0.1) is 28.5 Å². The smallest absolute Gasteiger partial charge is 0.345 e. The van der Waals surface area contributed by atoms with Crippen LogP contribution in [0.4, 0.5) is 23.2 Å². The highest BCUT2D eigenvalue weighted by Gasteiger charge is 2.54. The van der Waals surface area contributed by atoms with Crippen molar-refractivity contribution in [1.82, 2.24) is 30.4 Å². The average molecular weight is 540 g/mol. The third-order valence-electron chi connectivity index (χ3n) is 6.57. The van der Waals surface area contributed by atoms with Crippen LogP contribution in [-0.2, 0) is 15.0 Å². The summed E-state index contributed by atoms with van der Waals surface area (Å²) in [7, 11) is 0. The molecular weight excluding hydrogens is 522 g/mol. The first kappa shape index (κ1) is 24.9. The highest BCUT2D eigenvalue weighted by Crippen LogP contribution is 2.51. The number of fused-ring (bicyclic) bond motifs is 3. The first-order chi connectivity index (χ1) is 17.5. The van der Waals surface area contributed by atoms with Gasteiger partial charge < -0.3 is 15.1 Å². The summed E-state index contributed by atoms with van der Waals surface area (Å²) in [5.41, 5.74) is -0.0462. The van der Waals surface area contributed by atoms with Crippen molar-refractivity contribution in [1.29, 1.82) is 0 Å². The zero-order valence-electron chi connectivity index (χ0n) is 18.9. The van der Waals surface area contributed by atoms with Crippen molar-refractivity contribution in [3.05, 3.63) is 46.8 Å². The van der Waals surface area contributed by atoms with E-state index in [1.54, 1.807) is 5.32 Å². The molecule has 2 N–H and O–H groups in total. The molecule has 1 aromatic carbocycles. The van der Waals surface area contributed by atoms with Crippen LogP contribution in [0.25, 0.3) is 11.0 Å². The molecule has 3 amide bonds. The van der Waals surface area contributed by atoms with E-state index < -0.39 is 48.2 Å². The fourth-order valence-electron chi connectivity index (χ4n) is 4.79. The number of alkyl halides is 3. The van der Waals surface area contributed by atoms with Crippen LogP contribution in [0, 0.1) is 5.82 Å². The van der Waals surface area contributed by atoms with Crippen LogP contribution in [0.15, 0.2) is 24.5 Å². The van der Waals surface area contributed by atoms with Gasteiger partial charge in [0.2, 0.25) is 17.6 Å². The second-order valence-electron chi connectivity index (χ2n) is 8.78. The highest BCUT2D eigenvalue weighted by atomic mass is 35.5. The number of nitrogens with zero attached hydrogens (tertiary/aromatic N) is 5. The zero-order chi connectivity index (χ0) is 26.5. The summed E-state index contributed by atoms with van der Waals surface area (Å²) >= 11 is 6.28. The molecule has 0 bridgehead atoms. The molecule has 5 rings (SSSR count). The van der Waals surface area contributed by atoms with Gasteiger partial charge in [-0.1, -0.05) is 11.6 Å². The first-order valence-electron chi connectivity index (χ1n) is 11.1. The van der Waals surface area contributed by atoms with Crippen molar-refractivity contribution in [2.75, 3.05) is 31.1 Å². The van der Waals surface area contributed by atoms with Crippen LogP contribution in [0.3, 0.4) is 0 Å². The van der Waals surface area contributed by atoms with Gasteiger partial charge in [-0.05, 0) is 25.0 Å². The van der Waals surface area contributed by atoms with E-state index in [9.17, 15) is 31.9 Å². The van der Waals surface area contributed by atoms with E-state index in [1.807, 2.05) is 0 Å². The van der Waals surface area contributed by atoms with Gasteiger partial charge in [-0.15, -0.1) is 0 Å². The molecule has 0 radical (unpaired) electrons. The van der Waals surface area contributed by atoms with E-state index in [0.29, 0.717) is 11.0 Å². The lowest BCUT2D eigenvalue weighted by atomic mass is 9.73. The number of halogens is 5. The molecule has 1 fully saturated rings. The average Bonchev–Trinajstić information content (AvgIpc) is 3.42. The molecule has 0 aliphatic carbocycles. The number of carbonyl (C=O) groups excluding carboxylic acids is 3. The molecule has 194 valence electrons. The number of H-pyrrole nitrogens is 1. The first-order valence-corrected chi connectivity index (χ1v) is 11.5. The maximum Gasteiger partial charge on any atom is 0.405 e. The topological polar surface area (TPSA) is 124 Å². The SMILES string of the molecule is O=C(CN1C(=O)C2(CCN(C(=O)c3ncc4[nH]ncc4n3)CC2)c2c1ccc(F)c2Cl)NCC(F)(F)F. The van der Waals surface area contributed by atoms with Crippen molar-refractivity contribution in [3.63, 3.8) is 0 Å². The maximum absolute atomic E-state index is 14.5. The molecule has 1 saturated heterocycles. The second-order valence-corrected chi connectivity index (χ2v) is 9.15. The monoisotopic (exact) mass is 539 g/mol. The number of hydrogen-bond acceptors (Lipinski definition) is 6. The molecule has 37 heavy (non-hydrogen) atoms. The van der Waals surface area contributed by atoms with Crippen molar-refractivity contribution in [3.8, 4) is 0 Å². The predicted octanol–water partition coefficient (Wildman–Crippen LogP) is 2.34. The number of nitrogens with one attached hydrogen (secondary N) is 2. The Morgan fingerprint density at radius 3 is 2.62 bits per heavy atom. The number of carbonyl (C=O) groups is 3. The molecule has 15 heteroatoms. The number of hydrogen-bond donors (Lipinski definition) is 2. The van der Waals surface area contributed by atoms with Gasteiger partial charge in [-0.2, -0.15) is 18.3 Å². The van der Waals surface area contributed by atoms with E-state index in [-0.39, 0.29) is 48.0 Å². The molecule has 10 nitrogen and oxygen atoms in total. The molecule has 2 aliphatic heterocycles. The third-order valence-corrected chi connectivity index (χ3v) is 6.94. The molecule has 0 unspecified atom stereocenters. The fourth-order valence-corrected chi connectivity index (χ4v) is 5.13. The Labute approximate surface area is 211 Å². The van der Waals surface area contributed by atoms with Crippen LogP contribution in [0.5, 0.6) is 0 Å². The number of anilines is 1. The van der Waals surface area contributed by atoms with Gasteiger partial charge >= 0.3 is 6.18 Å². The van der Waals surface area contributed by atoms with Gasteiger partial charge in [0.1, 0.15) is 29.9 Å². The minimum absolute atomic E-state index is 0.0440. The van der Waals surface area contributed by atoms with Crippen LogP contribution in [0.2, 0.25) is 5.02 Å². The van der Waals surface area contributed by atoms with E-state index in [0.717, 1.165) is 11.0 Å². The number of aromatic amines is 1. The van der Waals surface area contributed by atoms with Gasteiger partial charge in [-0.25, -0.2) is 14.4 Å². The standard InChI is InChI=1S/C22H18ClF4N7O3/c23-17-11(24)1-2-14-16(17)21(20(37)34(14)9-15(35)29-10-22(25,26)27)3-5-33(6-4-21)19(36)18-28-7-13-12(31-18)8-30-32-13/h1-2,7-8H,3-6,9-10H2,(H,29,35)(H,30,32). The van der Waals surface area contributed by atoms with Crippen molar-refractivity contribution < 1.29 is 31.9 Å². The maximum atomic E-state index is 14.5. The van der Waals surface area contributed by atoms with Gasteiger partial charge in [-0.3, -0.25) is 19.5 Å². The van der Waals surface area contributed by atoms with E-state index in [1.165, 1.54) is 23.4 Å². The van der Waals surface area contributed by atoms with Crippen molar-refractivity contribution in [2.24, 2.45) is 0 Å².